The first-order chi connectivity index (χ1) is 9.79. The van der Waals surface area contributed by atoms with Crippen molar-refractivity contribution in [3.63, 3.8) is 0 Å². The minimum absolute atomic E-state index is 0.195. The van der Waals surface area contributed by atoms with E-state index in [0.29, 0.717) is 0 Å². The van der Waals surface area contributed by atoms with E-state index in [1.165, 1.54) is 11.1 Å². The van der Waals surface area contributed by atoms with Crippen LogP contribution in [-0.4, -0.2) is 10.8 Å². The van der Waals surface area contributed by atoms with Gasteiger partial charge in [-0.2, -0.15) is 5.10 Å². The van der Waals surface area contributed by atoms with Crippen molar-refractivity contribution >= 4 is 5.71 Å². The molecule has 0 saturated heterocycles. The third kappa shape index (κ3) is 2.27. The molecule has 1 heterocycles. The Labute approximate surface area is 119 Å². The molecule has 0 spiro atoms. The number of aryl methyl sites for hydroxylation is 1. The Morgan fingerprint density at radius 2 is 1.90 bits per heavy atom. The van der Waals surface area contributed by atoms with Crippen LogP contribution in [0.1, 0.15) is 36.1 Å². The van der Waals surface area contributed by atoms with Crippen LogP contribution in [0.3, 0.4) is 0 Å². The van der Waals surface area contributed by atoms with Crippen molar-refractivity contribution in [2.45, 2.75) is 25.8 Å². The van der Waals surface area contributed by atoms with Gasteiger partial charge in [-0.25, -0.2) is 0 Å². The molecule has 0 fully saturated rings. The van der Waals surface area contributed by atoms with Crippen molar-refractivity contribution in [3.8, 4) is 5.75 Å². The molecule has 3 heteroatoms. The molecule has 0 amide bonds. The van der Waals surface area contributed by atoms with Gasteiger partial charge in [0.25, 0.3) is 0 Å². The van der Waals surface area contributed by atoms with Gasteiger partial charge in [0.05, 0.1) is 11.8 Å². The van der Waals surface area contributed by atoms with Crippen molar-refractivity contribution in [3.05, 3.63) is 65.2 Å². The van der Waals surface area contributed by atoms with E-state index >= 15 is 0 Å². The van der Waals surface area contributed by atoms with Gasteiger partial charge < -0.3 is 10.5 Å². The van der Waals surface area contributed by atoms with Crippen LogP contribution in [0.25, 0.3) is 0 Å². The lowest BCUT2D eigenvalue weighted by molar-refractivity contribution is 0.474. The summed E-state index contributed by atoms with van der Waals surface area (Å²) >= 11 is 0. The number of hydrogen-bond acceptors (Lipinski definition) is 3. The largest absolute Gasteiger partial charge is 0.507 e. The second-order valence-electron chi connectivity index (χ2n) is 5.01. The topological polar surface area (TPSA) is 44.6 Å². The molecule has 1 aliphatic heterocycles. The highest BCUT2D eigenvalue weighted by Gasteiger charge is 2.23. The lowest BCUT2D eigenvalue weighted by Crippen LogP contribution is -2.12. The van der Waals surface area contributed by atoms with Crippen LogP contribution < -0.4 is 5.43 Å². The van der Waals surface area contributed by atoms with Gasteiger partial charge in [-0.3, -0.25) is 0 Å². The van der Waals surface area contributed by atoms with Crippen LogP contribution in [0.2, 0.25) is 0 Å². The molecule has 1 aliphatic rings. The average molecular weight is 266 g/mol. The molecule has 2 aromatic rings. The summed E-state index contributed by atoms with van der Waals surface area (Å²) in [6.07, 6.45) is 1.81. The highest BCUT2D eigenvalue weighted by Crippen LogP contribution is 2.29. The molecular formula is C17H18N2O. The Kier molecular flexibility index (Phi) is 3.42. The van der Waals surface area contributed by atoms with Crippen molar-refractivity contribution in [1.82, 2.24) is 5.43 Å². The monoisotopic (exact) mass is 266 g/mol. The first-order valence-corrected chi connectivity index (χ1v) is 6.98. The van der Waals surface area contributed by atoms with Gasteiger partial charge in [-0.15, -0.1) is 0 Å². The first kappa shape index (κ1) is 12.7. The Hall–Kier alpha value is -2.29. The fourth-order valence-corrected chi connectivity index (χ4v) is 2.70. The lowest BCUT2D eigenvalue weighted by atomic mass is 9.94. The second-order valence-corrected chi connectivity index (χ2v) is 5.01. The zero-order chi connectivity index (χ0) is 13.9. The molecule has 0 radical (unpaired) electrons. The van der Waals surface area contributed by atoms with E-state index in [0.717, 1.165) is 24.1 Å². The molecule has 1 unspecified atom stereocenters. The Morgan fingerprint density at radius 3 is 2.70 bits per heavy atom. The predicted molar refractivity (Wildman–Crippen MR) is 81.0 cm³/mol. The summed E-state index contributed by atoms with van der Waals surface area (Å²) < 4.78 is 0. The molecule has 2 aromatic carbocycles. The predicted octanol–water partition coefficient (Wildman–Crippen LogP) is 3.39. The smallest absolute Gasteiger partial charge is 0.124 e. The Bertz CT molecular complexity index is 649. The highest BCUT2D eigenvalue weighted by molar-refractivity contribution is 6.03. The van der Waals surface area contributed by atoms with Crippen LogP contribution in [0.5, 0.6) is 5.75 Å². The van der Waals surface area contributed by atoms with Gasteiger partial charge in [-0.1, -0.05) is 43.3 Å². The van der Waals surface area contributed by atoms with Crippen molar-refractivity contribution in [2.24, 2.45) is 5.10 Å². The van der Waals surface area contributed by atoms with Crippen LogP contribution in [-0.2, 0) is 6.42 Å². The van der Waals surface area contributed by atoms with Crippen molar-refractivity contribution in [2.75, 3.05) is 0 Å². The zero-order valence-corrected chi connectivity index (χ0v) is 11.5. The number of para-hydroxylation sites is 1. The Morgan fingerprint density at radius 1 is 1.15 bits per heavy atom. The van der Waals surface area contributed by atoms with E-state index < -0.39 is 0 Å². The van der Waals surface area contributed by atoms with E-state index in [4.69, 9.17) is 0 Å². The second kappa shape index (κ2) is 5.37. The number of aromatic hydroxyl groups is 1. The number of rotatable bonds is 3. The van der Waals surface area contributed by atoms with Gasteiger partial charge in [0.1, 0.15) is 5.75 Å². The molecule has 0 bridgehead atoms. The molecule has 0 aromatic heterocycles. The van der Waals surface area contributed by atoms with Gasteiger partial charge >= 0.3 is 0 Å². The summed E-state index contributed by atoms with van der Waals surface area (Å²) in [7, 11) is 0. The van der Waals surface area contributed by atoms with Gasteiger partial charge in [0.15, 0.2) is 0 Å². The fourth-order valence-electron chi connectivity index (χ4n) is 2.70. The van der Waals surface area contributed by atoms with Gasteiger partial charge in [-0.05, 0) is 29.7 Å². The summed E-state index contributed by atoms with van der Waals surface area (Å²) in [6, 6.07) is 16.0. The van der Waals surface area contributed by atoms with Gasteiger partial charge in [0, 0.05) is 12.0 Å². The molecule has 3 nitrogen and oxygen atoms in total. The van der Waals surface area contributed by atoms with E-state index in [9.17, 15) is 5.11 Å². The summed E-state index contributed by atoms with van der Waals surface area (Å²) in [5, 5.41) is 14.3. The standard InChI is InChI=1S/C17H18N2O/c1-2-12-7-3-4-8-13(12)15-11-16(19-18-15)14-9-5-6-10-17(14)20/h3-10,15,18,20H,2,11H2,1H3. The molecule has 3 rings (SSSR count). The zero-order valence-electron chi connectivity index (χ0n) is 11.5. The average Bonchev–Trinajstić information content (AvgIpc) is 2.97. The minimum Gasteiger partial charge on any atom is -0.507 e. The minimum atomic E-state index is 0.195. The molecule has 20 heavy (non-hydrogen) atoms. The Balaban J connectivity index is 1.84. The third-order valence-corrected chi connectivity index (χ3v) is 3.78. The molecule has 0 aliphatic carbocycles. The molecule has 102 valence electrons. The van der Waals surface area contributed by atoms with Gasteiger partial charge in [0.2, 0.25) is 0 Å². The number of benzene rings is 2. The quantitative estimate of drug-likeness (QED) is 0.894. The van der Waals surface area contributed by atoms with E-state index in [2.05, 4.69) is 41.7 Å². The number of hydrazone groups is 1. The van der Waals surface area contributed by atoms with E-state index in [1.54, 1.807) is 6.07 Å². The number of nitrogens with zero attached hydrogens (tertiary/aromatic N) is 1. The summed E-state index contributed by atoms with van der Waals surface area (Å²) in [5.74, 6) is 0.289. The first-order valence-electron chi connectivity index (χ1n) is 6.98. The molecular weight excluding hydrogens is 248 g/mol. The third-order valence-electron chi connectivity index (χ3n) is 3.78. The van der Waals surface area contributed by atoms with Crippen LogP contribution in [0.15, 0.2) is 53.6 Å². The van der Waals surface area contributed by atoms with E-state index in [-0.39, 0.29) is 11.8 Å². The number of phenolic OH excluding ortho intramolecular Hbond substituents is 1. The maximum Gasteiger partial charge on any atom is 0.124 e. The van der Waals surface area contributed by atoms with Crippen LogP contribution in [0.4, 0.5) is 0 Å². The number of hydrogen-bond donors (Lipinski definition) is 2. The molecule has 1 atom stereocenters. The maximum absolute atomic E-state index is 9.92. The fraction of sp³-hybridized carbons (Fsp3) is 0.235. The highest BCUT2D eigenvalue weighted by atomic mass is 16.3. The maximum atomic E-state index is 9.92. The van der Waals surface area contributed by atoms with Crippen molar-refractivity contribution in [1.29, 1.82) is 0 Å². The molecule has 2 N–H and O–H groups in total. The summed E-state index contributed by atoms with van der Waals surface area (Å²) in [5.41, 5.74) is 7.57. The number of phenols is 1. The van der Waals surface area contributed by atoms with Crippen LogP contribution in [0, 0.1) is 0 Å². The van der Waals surface area contributed by atoms with E-state index in [1.807, 2.05) is 18.2 Å². The van der Waals surface area contributed by atoms with Crippen molar-refractivity contribution < 1.29 is 5.11 Å². The molecule has 0 saturated carbocycles. The van der Waals surface area contributed by atoms with Crippen LogP contribution >= 0.6 is 0 Å². The lowest BCUT2D eigenvalue weighted by Gasteiger charge is -2.14. The summed E-state index contributed by atoms with van der Waals surface area (Å²) in [6.45, 7) is 2.17. The number of nitrogens with one attached hydrogen (secondary N) is 1. The normalized spacial score (nSPS) is 17.6. The SMILES string of the molecule is CCc1ccccc1C1CC(c2ccccc2O)=NN1. The summed E-state index contributed by atoms with van der Waals surface area (Å²) in [4.78, 5) is 0.